The second-order valence-corrected chi connectivity index (χ2v) is 4.64. The van der Waals surface area contributed by atoms with Gasteiger partial charge in [-0.1, -0.05) is 36.4 Å². The van der Waals surface area contributed by atoms with Crippen LogP contribution in [0.25, 0.3) is 0 Å². The number of nitrogens with one attached hydrogen (secondary N) is 2. The molecular formula is C17H22N2O2. The van der Waals surface area contributed by atoms with E-state index < -0.39 is 0 Å². The van der Waals surface area contributed by atoms with Crippen molar-refractivity contribution >= 4 is 11.7 Å². The number of carbonyl (C=O) groups is 1. The first-order valence-corrected chi connectivity index (χ1v) is 6.83. The molecule has 0 saturated heterocycles. The van der Waals surface area contributed by atoms with E-state index in [1.165, 1.54) is 0 Å². The van der Waals surface area contributed by atoms with Crippen molar-refractivity contribution in [2.45, 2.75) is 19.9 Å². The average Bonchev–Trinajstić information content (AvgIpc) is 2.49. The van der Waals surface area contributed by atoms with E-state index in [2.05, 4.69) is 10.6 Å². The zero-order valence-electron chi connectivity index (χ0n) is 12.7. The molecule has 0 aliphatic rings. The minimum absolute atomic E-state index is 0.128. The van der Waals surface area contributed by atoms with E-state index in [1.807, 2.05) is 50.2 Å². The van der Waals surface area contributed by atoms with Crippen LogP contribution in [0.4, 0.5) is 10.5 Å². The van der Waals surface area contributed by atoms with E-state index in [9.17, 15) is 4.79 Å². The van der Waals surface area contributed by atoms with Crippen molar-refractivity contribution in [3.05, 3.63) is 60.7 Å². The Balaban J connectivity index is 0.000000304. The SMILES string of the molecule is COc1ccc(NC(=O)NC(C)C)cc1.c1ccccc1. The van der Waals surface area contributed by atoms with Gasteiger partial charge in [0.15, 0.2) is 0 Å². The van der Waals surface area contributed by atoms with Gasteiger partial charge in [0.2, 0.25) is 0 Å². The Morgan fingerprint density at radius 1 is 0.952 bits per heavy atom. The Hall–Kier alpha value is -2.49. The number of benzene rings is 2. The minimum Gasteiger partial charge on any atom is -0.497 e. The quantitative estimate of drug-likeness (QED) is 0.898. The van der Waals surface area contributed by atoms with Crippen molar-refractivity contribution in [3.63, 3.8) is 0 Å². The topological polar surface area (TPSA) is 50.4 Å². The summed E-state index contributed by atoms with van der Waals surface area (Å²) in [5.41, 5.74) is 0.744. The minimum atomic E-state index is -0.199. The van der Waals surface area contributed by atoms with Gasteiger partial charge in [0.05, 0.1) is 7.11 Å². The number of methoxy groups -OCH3 is 1. The van der Waals surface area contributed by atoms with Crippen LogP contribution in [0.1, 0.15) is 13.8 Å². The molecule has 4 heteroatoms. The molecule has 0 aromatic heterocycles. The lowest BCUT2D eigenvalue weighted by Crippen LogP contribution is -2.34. The zero-order valence-corrected chi connectivity index (χ0v) is 12.7. The fourth-order valence-corrected chi connectivity index (χ4v) is 1.49. The molecule has 0 atom stereocenters. The molecule has 4 nitrogen and oxygen atoms in total. The van der Waals surface area contributed by atoms with Gasteiger partial charge < -0.3 is 15.4 Å². The predicted octanol–water partition coefficient (Wildman–Crippen LogP) is 3.91. The number of rotatable bonds is 3. The Morgan fingerprint density at radius 3 is 1.81 bits per heavy atom. The van der Waals surface area contributed by atoms with Crippen LogP contribution in [-0.4, -0.2) is 19.2 Å². The molecule has 0 bridgehead atoms. The van der Waals surface area contributed by atoms with Gasteiger partial charge in [0, 0.05) is 11.7 Å². The first-order chi connectivity index (χ1) is 10.1. The molecule has 0 unspecified atom stereocenters. The van der Waals surface area contributed by atoms with Crippen molar-refractivity contribution < 1.29 is 9.53 Å². The number of amides is 2. The molecule has 0 saturated carbocycles. The summed E-state index contributed by atoms with van der Waals surface area (Å²) in [6, 6.07) is 19.1. The van der Waals surface area contributed by atoms with Crippen molar-refractivity contribution in [2.24, 2.45) is 0 Å². The van der Waals surface area contributed by atoms with Crippen LogP contribution in [0.3, 0.4) is 0 Å². The highest BCUT2D eigenvalue weighted by Crippen LogP contribution is 2.14. The lowest BCUT2D eigenvalue weighted by Gasteiger charge is -2.10. The summed E-state index contributed by atoms with van der Waals surface area (Å²) < 4.78 is 5.01. The number of anilines is 1. The third kappa shape index (κ3) is 7.62. The maximum atomic E-state index is 11.3. The van der Waals surface area contributed by atoms with Crippen molar-refractivity contribution in [3.8, 4) is 5.75 Å². The van der Waals surface area contributed by atoms with Crippen LogP contribution in [-0.2, 0) is 0 Å². The van der Waals surface area contributed by atoms with Crippen LogP contribution in [0.2, 0.25) is 0 Å². The predicted molar refractivity (Wildman–Crippen MR) is 86.7 cm³/mol. The number of carbonyl (C=O) groups excluding carboxylic acids is 1. The van der Waals surface area contributed by atoms with Gasteiger partial charge in [-0.3, -0.25) is 0 Å². The van der Waals surface area contributed by atoms with Gasteiger partial charge in [0.25, 0.3) is 0 Å². The van der Waals surface area contributed by atoms with E-state index in [4.69, 9.17) is 4.74 Å². The van der Waals surface area contributed by atoms with Crippen molar-refractivity contribution in [1.82, 2.24) is 5.32 Å². The van der Waals surface area contributed by atoms with Gasteiger partial charge in [-0.2, -0.15) is 0 Å². The largest absolute Gasteiger partial charge is 0.497 e. The Bertz CT molecular complexity index is 483. The molecule has 21 heavy (non-hydrogen) atoms. The standard InChI is InChI=1S/C11H16N2O2.C6H6/c1-8(2)12-11(14)13-9-4-6-10(15-3)7-5-9;1-2-4-6-5-3-1/h4-8H,1-3H3,(H2,12,13,14);1-6H. The van der Waals surface area contributed by atoms with Gasteiger partial charge in [-0.15, -0.1) is 0 Å². The highest BCUT2D eigenvalue weighted by molar-refractivity contribution is 5.89. The normalized spacial score (nSPS) is 9.33. The number of hydrogen-bond donors (Lipinski definition) is 2. The van der Waals surface area contributed by atoms with Crippen molar-refractivity contribution in [2.75, 3.05) is 12.4 Å². The molecule has 0 fully saturated rings. The summed E-state index contributed by atoms with van der Waals surface area (Å²) in [6.45, 7) is 3.82. The van der Waals surface area contributed by atoms with Crippen LogP contribution in [0.15, 0.2) is 60.7 Å². The maximum absolute atomic E-state index is 11.3. The zero-order chi connectivity index (χ0) is 15.5. The van der Waals surface area contributed by atoms with Crippen molar-refractivity contribution in [1.29, 1.82) is 0 Å². The van der Waals surface area contributed by atoms with E-state index >= 15 is 0 Å². The highest BCUT2D eigenvalue weighted by Gasteiger charge is 2.02. The maximum Gasteiger partial charge on any atom is 0.319 e. The Labute approximate surface area is 126 Å². The molecule has 112 valence electrons. The monoisotopic (exact) mass is 286 g/mol. The molecule has 2 amide bonds. The second kappa shape index (κ2) is 9.42. The molecule has 2 N–H and O–H groups in total. The van der Waals surface area contributed by atoms with Crippen LogP contribution < -0.4 is 15.4 Å². The van der Waals surface area contributed by atoms with Crippen LogP contribution in [0.5, 0.6) is 5.75 Å². The molecule has 0 aliphatic carbocycles. The molecule has 0 radical (unpaired) electrons. The molecule has 0 aliphatic heterocycles. The molecule has 0 spiro atoms. The van der Waals surface area contributed by atoms with E-state index in [0.29, 0.717) is 0 Å². The number of urea groups is 1. The molecule has 0 heterocycles. The van der Waals surface area contributed by atoms with Gasteiger partial charge in [0.1, 0.15) is 5.75 Å². The summed E-state index contributed by atoms with van der Waals surface area (Å²) in [5.74, 6) is 0.768. The summed E-state index contributed by atoms with van der Waals surface area (Å²) in [6.07, 6.45) is 0. The molecule has 2 rings (SSSR count). The molecular weight excluding hydrogens is 264 g/mol. The first kappa shape index (κ1) is 16.6. The third-order valence-corrected chi connectivity index (χ3v) is 2.43. The summed E-state index contributed by atoms with van der Waals surface area (Å²) in [5, 5.41) is 5.46. The summed E-state index contributed by atoms with van der Waals surface area (Å²) >= 11 is 0. The van der Waals surface area contributed by atoms with Gasteiger partial charge in [-0.05, 0) is 38.1 Å². The first-order valence-electron chi connectivity index (χ1n) is 6.83. The van der Waals surface area contributed by atoms with E-state index in [1.54, 1.807) is 31.4 Å². The Kier molecular flexibility index (Phi) is 7.43. The third-order valence-electron chi connectivity index (χ3n) is 2.43. The van der Waals surface area contributed by atoms with Crippen LogP contribution in [0, 0.1) is 0 Å². The number of ether oxygens (including phenoxy) is 1. The fraction of sp³-hybridized carbons (Fsp3) is 0.235. The molecule has 2 aromatic rings. The van der Waals surface area contributed by atoms with E-state index in [-0.39, 0.29) is 12.1 Å². The second-order valence-electron chi connectivity index (χ2n) is 4.64. The van der Waals surface area contributed by atoms with Gasteiger partial charge >= 0.3 is 6.03 Å². The summed E-state index contributed by atoms with van der Waals surface area (Å²) in [7, 11) is 1.61. The summed E-state index contributed by atoms with van der Waals surface area (Å²) in [4.78, 5) is 11.3. The van der Waals surface area contributed by atoms with Crippen LogP contribution >= 0.6 is 0 Å². The number of hydrogen-bond acceptors (Lipinski definition) is 2. The fourth-order valence-electron chi connectivity index (χ4n) is 1.49. The lowest BCUT2D eigenvalue weighted by molar-refractivity contribution is 0.250. The lowest BCUT2D eigenvalue weighted by atomic mass is 10.3. The Morgan fingerprint density at radius 2 is 1.43 bits per heavy atom. The smallest absolute Gasteiger partial charge is 0.319 e. The van der Waals surface area contributed by atoms with Gasteiger partial charge in [-0.25, -0.2) is 4.79 Å². The highest BCUT2D eigenvalue weighted by atomic mass is 16.5. The van der Waals surface area contributed by atoms with E-state index in [0.717, 1.165) is 11.4 Å². The average molecular weight is 286 g/mol. The molecule has 2 aromatic carbocycles.